The summed E-state index contributed by atoms with van der Waals surface area (Å²) in [6.45, 7) is 4.12. The number of nitrogen functional groups attached to an aromatic ring is 1. The fraction of sp³-hybridized carbons (Fsp3) is 0.500. The number of nitrogens with two attached hydrogens (primary N) is 1. The highest BCUT2D eigenvalue weighted by atomic mass is 32.2. The van der Waals surface area contributed by atoms with Gasteiger partial charge in [-0.1, -0.05) is 20.3 Å². The zero-order valence-corrected chi connectivity index (χ0v) is 10.7. The maximum absolute atomic E-state index is 12.4. The Morgan fingerprint density at radius 3 is 2.47 bits per heavy atom. The summed E-state index contributed by atoms with van der Waals surface area (Å²) in [7, 11) is 0. The van der Waals surface area contributed by atoms with Crippen LogP contribution in [0.3, 0.4) is 0 Å². The minimum Gasteiger partial charge on any atom is -0.398 e. The molecule has 1 rings (SSSR count). The van der Waals surface area contributed by atoms with Crippen molar-refractivity contribution < 1.29 is 13.2 Å². The third kappa shape index (κ3) is 4.15. The minimum absolute atomic E-state index is 0.202. The molecule has 1 aromatic carbocycles. The van der Waals surface area contributed by atoms with Gasteiger partial charge >= 0.3 is 6.18 Å². The van der Waals surface area contributed by atoms with Crippen molar-refractivity contribution >= 4 is 17.4 Å². The predicted octanol–water partition coefficient (Wildman–Crippen LogP) is 4.57. The Kier molecular flexibility index (Phi) is 4.74. The molecule has 0 amide bonds. The average molecular weight is 263 g/mol. The van der Waals surface area contributed by atoms with E-state index in [1.165, 1.54) is 17.8 Å². The van der Waals surface area contributed by atoms with Gasteiger partial charge in [-0.3, -0.25) is 0 Å². The molecular weight excluding hydrogens is 247 g/mol. The smallest absolute Gasteiger partial charge is 0.398 e. The van der Waals surface area contributed by atoms with Gasteiger partial charge in [-0.25, -0.2) is 0 Å². The third-order valence-corrected chi connectivity index (χ3v) is 3.62. The van der Waals surface area contributed by atoms with Crippen LogP contribution in [-0.2, 0) is 6.18 Å². The summed E-state index contributed by atoms with van der Waals surface area (Å²) >= 11 is 1.52. The fourth-order valence-corrected chi connectivity index (χ4v) is 2.64. The summed E-state index contributed by atoms with van der Waals surface area (Å²) < 4.78 is 37.3. The first-order valence-electron chi connectivity index (χ1n) is 5.48. The van der Waals surface area contributed by atoms with Crippen molar-refractivity contribution in [1.82, 2.24) is 0 Å². The van der Waals surface area contributed by atoms with Crippen molar-refractivity contribution in [2.45, 2.75) is 43.0 Å². The van der Waals surface area contributed by atoms with Crippen molar-refractivity contribution in [3.8, 4) is 0 Å². The molecule has 1 unspecified atom stereocenters. The lowest BCUT2D eigenvalue weighted by Crippen LogP contribution is -2.06. The van der Waals surface area contributed by atoms with E-state index in [1.807, 2.05) is 6.92 Å². The number of anilines is 1. The second-order valence-electron chi connectivity index (χ2n) is 3.97. The second kappa shape index (κ2) is 5.67. The summed E-state index contributed by atoms with van der Waals surface area (Å²) in [4.78, 5) is 0.721. The summed E-state index contributed by atoms with van der Waals surface area (Å²) in [5, 5.41) is 0.360. The first-order chi connectivity index (χ1) is 7.84. The van der Waals surface area contributed by atoms with E-state index >= 15 is 0 Å². The van der Waals surface area contributed by atoms with E-state index in [2.05, 4.69) is 6.92 Å². The summed E-state index contributed by atoms with van der Waals surface area (Å²) in [5.41, 5.74) is 5.15. The average Bonchev–Trinajstić information content (AvgIpc) is 2.20. The Morgan fingerprint density at radius 1 is 1.35 bits per heavy atom. The van der Waals surface area contributed by atoms with Crippen LogP contribution in [0.1, 0.15) is 32.3 Å². The highest BCUT2D eigenvalue weighted by Gasteiger charge is 2.30. The molecule has 96 valence electrons. The maximum atomic E-state index is 12.4. The molecule has 0 saturated carbocycles. The van der Waals surface area contributed by atoms with E-state index in [0.29, 0.717) is 5.25 Å². The Balaban J connectivity index is 2.83. The zero-order chi connectivity index (χ0) is 13.1. The van der Waals surface area contributed by atoms with Crippen molar-refractivity contribution in [3.63, 3.8) is 0 Å². The van der Waals surface area contributed by atoms with Crippen molar-refractivity contribution in [2.24, 2.45) is 0 Å². The van der Waals surface area contributed by atoms with Gasteiger partial charge in [0.2, 0.25) is 0 Å². The molecule has 0 aliphatic rings. The van der Waals surface area contributed by atoms with Gasteiger partial charge in [0.05, 0.1) is 5.56 Å². The van der Waals surface area contributed by atoms with Crippen LogP contribution in [-0.4, -0.2) is 5.25 Å². The first kappa shape index (κ1) is 14.2. The largest absolute Gasteiger partial charge is 0.416 e. The molecule has 2 N–H and O–H groups in total. The molecule has 0 fully saturated rings. The molecule has 1 aromatic rings. The van der Waals surface area contributed by atoms with Crippen molar-refractivity contribution in [1.29, 1.82) is 0 Å². The van der Waals surface area contributed by atoms with Crippen LogP contribution in [0.25, 0.3) is 0 Å². The van der Waals surface area contributed by atoms with E-state index in [9.17, 15) is 13.2 Å². The van der Waals surface area contributed by atoms with Crippen LogP contribution in [0, 0.1) is 0 Å². The number of hydrogen-bond donors (Lipinski definition) is 1. The molecule has 1 nitrogen and oxygen atoms in total. The van der Waals surface area contributed by atoms with Crippen LogP contribution in [0.2, 0.25) is 0 Å². The molecule has 1 atom stereocenters. The van der Waals surface area contributed by atoms with E-state index < -0.39 is 11.7 Å². The highest BCUT2D eigenvalue weighted by Crippen LogP contribution is 2.36. The molecule has 0 heterocycles. The lowest BCUT2D eigenvalue weighted by Gasteiger charge is -2.13. The summed E-state index contributed by atoms with van der Waals surface area (Å²) in [6.07, 6.45) is -2.26. The van der Waals surface area contributed by atoms with Gasteiger partial charge in [-0.2, -0.15) is 13.2 Å². The van der Waals surface area contributed by atoms with Gasteiger partial charge in [0.25, 0.3) is 0 Å². The standard InChI is InChI=1S/C12H16F3NS/c1-3-4-8(2)17-11-6-5-9(7-10(11)16)12(13,14)15/h5-8H,3-4,16H2,1-2H3. The number of thioether (sulfide) groups is 1. The van der Waals surface area contributed by atoms with E-state index in [4.69, 9.17) is 5.73 Å². The van der Waals surface area contributed by atoms with Gasteiger partial charge in [0.1, 0.15) is 0 Å². The summed E-state index contributed by atoms with van der Waals surface area (Å²) in [5.74, 6) is 0. The number of benzene rings is 1. The molecule has 0 radical (unpaired) electrons. The maximum Gasteiger partial charge on any atom is 0.416 e. The van der Waals surface area contributed by atoms with Crippen LogP contribution in [0.4, 0.5) is 18.9 Å². The molecule has 5 heteroatoms. The number of halogens is 3. The van der Waals surface area contributed by atoms with Gasteiger partial charge in [-0.05, 0) is 24.6 Å². The highest BCUT2D eigenvalue weighted by molar-refractivity contribution is 8.00. The molecule has 0 spiro atoms. The Bertz CT molecular complexity index is 377. The quantitative estimate of drug-likeness (QED) is 0.636. The molecule has 0 aromatic heterocycles. The topological polar surface area (TPSA) is 26.0 Å². The Hall–Kier alpha value is -0.840. The molecule has 0 bridgehead atoms. The third-order valence-electron chi connectivity index (χ3n) is 2.36. The Labute approximate surface area is 104 Å². The number of rotatable bonds is 4. The second-order valence-corrected chi connectivity index (χ2v) is 5.45. The van der Waals surface area contributed by atoms with E-state index in [0.717, 1.165) is 29.9 Å². The Morgan fingerprint density at radius 2 is 2.00 bits per heavy atom. The molecular formula is C12H16F3NS. The van der Waals surface area contributed by atoms with E-state index in [-0.39, 0.29) is 5.69 Å². The lowest BCUT2D eigenvalue weighted by molar-refractivity contribution is -0.137. The van der Waals surface area contributed by atoms with Crippen LogP contribution in [0.15, 0.2) is 23.1 Å². The van der Waals surface area contributed by atoms with Crippen molar-refractivity contribution in [3.05, 3.63) is 23.8 Å². The molecule has 0 aliphatic carbocycles. The normalized spacial score (nSPS) is 13.7. The van der Waals surface area contributed by atoms with Gasteiger partial charge < -0.3 is 5.73 Å². The first-order valence-corrected chi connectivity index (χ1v) is 6.36. The fourth-order valence-electron chi connectivity index (χ4n) is 1.51. The predicted molar refractivity (Wildman–Crippen MR) is 66.1 cm³/mol. The van der Waals surface area contributed by atoms with Crippen LogP contribution in [0.5, 0.6) is 0 Å². The number of hydrogen-bond acceptors (Lipinski definition) is 2. The van der Waals surface area contributed by atoms with Gasteiger partial charge in [-0.15, -0.1) is 11.8 Å². The van der Waals surface area contributed by atoms with Gasteiger partial charge in [0, 0.05) is 15.8 Å². The molecule has 0 aliphatic heterocycles. The minimum atomic E-state index is -4.33. The molecule has 17 heavy (non-hydrogen) atoms. The SMILES string of the molecule is CCCC(C)Sc1ccc(C(F)(F)F)cc1N. The van der Waals surface area contributed by atoms with Crippen LogP contribution >= 0.6 is 11.8 Å². The molecule has 0 saturated heterocycles. The van der Waals surface area contributed by atoms with Gasteiger partial charge in [0.15, 0.2) is 0 Å². The monoisotopic (exact) mass is 263 g/mol. The van der Waals surface area contributed by atoms with Crippen LogP contribution < -0.4 is 5.73 Å². The van der Waals surface area contributed by atoms with Crippen molar-refractivity contribution in [2.75, 3.05) is 5.73 Å². The number of alkyl halides is 3. The lowest BCUT2D eigenvalue weighted by atomic mass is 10.2. The van der Waals surface area contributed by atoms with E-state index in [1.54, 1.807) is 0 Å². The summed E-state index contributed by atoms with van der Waals surface area (Å²) in [6, 6.07) is 3.54. The zero-order valence-electron chi connectivity index (χ0n) is 9.84.